The Morgan fingerprint density at radius 1 is 1.37 bits per heavy atom. The Morgan fingerprint density at radius 2 is 2.05 bits per heavy atom. The average Bonchev–Trinajstić information content (AvgIpc) is 3.20. The summed E-state index contributed by atoms with van der Waals surface area (Å²) in [7, 11) is 1.49. The van der Waals surface area contributed by atoms with Gasteiger partial charge in [-0.3, -0.25) is 24.6 Å². The highest BCUT2D eigenvalue weighted by atomic mass is 16.2. The van der Waals surface area contributed by atoms with Crippen molar-refractivity contribution in [2.75, 3.05) is 20.1 Å². The summed E-state index contributed by atoms with van der Waals surface area (Å²) in [5.74, 6) is -0.349. The second-order valence-electron chi connectivity index (χ2n) is 5.17. The standard InChI is InChI=1S/C13H21N3O3/c1-3-16(9-4-5-9)12(18)8-14-10-6-7-11(17)15(2)13(10)19/h9-10,14H,3-8H2,1-2H3. The fraction of sp³-hybridized carbons (Fsp3) is 0.769. The molecule has 19 heavy (non-hydrogen) atoms. The number of hydrogen-bond acceptors (Lipinski definition) is 4. The van der Waals surface area contributed by atoms with E-state index < -0.39 is 6.04 Å². The Bertz CT molecular complexity index is 393. The second-order valence-corrected chi connectivity index (χ2v) is 5.17. The third kappa shape index (κ3) is 3.12. The van der Waals surface area contributed by atoms with Gasteiger partial charge in [0.25, 0.3) is 0 Å². The van der Waals surface area contributed by atoms with Crippen LogP contribution in [0, 0.1) is 0 Å². The Balaban J connectivity index is 1.83. The predicted molar refractivity (Wildman–Crippen MR) is 69.2 cm³/mol. The molecule has 6 nitrogen and oxygen atoms in total. The number of nitrogens with one attached hydrogen (secondary N) is 1. The molecule has 2 fully saturated rings. The summed E-state index contributed by atoms with van der Waals surface area (Å²) in [6.07, 6.45) is 3.00. The molecule has 2 rings (SSSR count). The van der Waals surface area contributed by atoms with Gasteiger partial charge in [-0.1, -0.05) is 0 Å². The molecule has 0 aromatic rings. The van der Waals surface area contributed by atoms with Crippen molar-refractivity contribution in [3.05, 3.63) is 0 Å². The minimum absolute atomic E-state index is 0.0392. The van der Waals surface area contributed by atoms with Crippen molar-refractivity contribution in [2.24, 2.45) is 0 Å². The van der Waals surface area contributed by atoms with Gasteiger partial charge in [-0.25, -0.2) is 0 Å². The van der Waals surface area contributed by atoms with Crippen molar-refractivity contribution in [3.8, 4) is 0 Å². The highest BCUT2D eigenvalue weighted by Gasteiger charge is 2.34. The molecular formula is C13H21N3O3. The molecule has 0 radical (unpaired) electrons. The third-order valence-electron chi connectivity index (χ3n) is 3.80. The largest absolute Gasteiger partial charge is 0.339 e. The highest BCUT2D eigenvalue weighted by molar-refractivity contribution is 6.00. The van der Waals surface area contributed by atoms with E-state index in [2.05, 4.69) is 5.32 Å². The quantitative estimate of drug-likeness (QED) is 0.696. The van der Waals surface area contributed by atoms with Crippen molar-refractivity contribution in [3.63, 3.8) is 0 Å². The lowest BCUT2D eigenvalue weighted by Crippen LogP contribution is -2.53. The number of carbonyl (C=O) groups excluding carboxylic acids is 3. The lowest BCUT2D eigenvalue weighted by atomic mass is 10.0. The van der Waals surface area contributed by atoms with E-state index in [0.717, 1.165) is 17.7 Å². The van der Waals surface area contributed by atoms with Gasteiger partial charge in [0.15, 0.2) is 0 Å². The highest BCUT2D eigenvalue weighted by Crippen LogP contribution is 2.26. The Morgan fingerprint density at radius 3 is 2.63 bits per heavy atom. The number of imide groups is 1. The molecule has 106 valence electrons. The van der Waals surface area contributed by atoms with Crippen LogP contribution in [0.3, 0.4) is 0 Å². The summed E-state index contributed by atoms with van der Waals surface area (Å²) in [5, 5.41) is 2.98. The third-order valence-corrected chi connectivity index (χ3v) is 3.80. The van der Waals surface area contributed by atoms with E-state index in [9.17, 15) is 14.4 Å². The van der Waals surface area contributed by atoms with Crippen LogP contribution >= 0.6 is 0 Å². The molecule has 1 saturated heterocycles. The number of carbonyl (C=O) groups is 3. The molecule has 0 spiro atoms. The van der Waals surface area contributed by atoms with Crippen LogP contribution in [0.4, 0.5) is 0 Å². The zero-order chi connectivity index (χ0) is 14.0. The van der Waals surface area contributed by atoms with E-state index in [0.29, 0.717) is 25.4 Å². The van der Waals surface area contributed by atoms with E-state index in [1.165, 1.54) is 7.05 Å². The normalized spacial score (nSPS) is 23.7. The van der Waals surface area contributed by atoms with Gasteiger partial charge in [0.05, 0.1) is 12.6 Å². The fourth-order valence-electron chi connectivity index (χ4n) is 2.44. The molecule has 1 atom stereocenters. The van der Waals surface area contributed by atoms with Crippen LogP contribution in [0.2, 0.25) is 0 Å². The van der Waals surface area contributed by atoms with Crippen LogP contribution in [-0.4, -0.2) is 59.7 Å². The second kappa shape index (κ2) is 5.69. The number of rotatable bonds is 5. The molecule has 1 aliphatic heterocycles. The van der Waals surface area contributed by atoms with Gasteiger partial charge < -0.3 is 4.90 Å². The van der Waals surface area contributed by atoms with Crippen molar-refractivity contribution in [1.29, 1.82) is 0 Å². The molecule has 2 aliphatic rings. The van der Waals surface area contributed by atoms with Gasteiger partial charge in [-0.2, -0.15) is 0 Å². The van der Waals surface area contributed by atoms with E-state index >= 15 is 0 Å². The van der Waals surface area contributed by atoms with Gasteiger partial charge in [0, 0.05) is 26.1 Å². The summed E-state index contributed by atoms with van der Waals surface area (Å²) in [6, 6.07) is -0.0184. The van der Waals surface area contributed by atoms with E-state index in [-0.39, 0.29) is 24.3 Å². The molecule has 1 heterocycles. The fourth-order valence-corrected chi connectivity index (χ4v) is 2.44. The zero-order valence-corrected chi connectivity index (χ0v) is 11.5. The van der Waals surface area contributed by atoms with Gasteiger partial charge in [-0.05, 0) is 26.2 Å². The number of hydrogen-bond donors (Lipinski definition) is 1. The van der Waals surface area contributed by atoms with E-state index in [4.69, 9.17) is 0 Å². The van der Waals surface area contributed by atoms with Crippen molar-refractivity contribution in [2.45, 2.75) is 44.7 Å². The molecule has 0 aromatic heterocycles. The first kappa shape index (κ1) is 14.0. The number of likely N-dealkylation sites (tertiary alicyclic amines) is 1. The minimum atomic E-state index is -0.412. The molecule has 0 bridgehead atoms. The maximum absolute atomic E-state index is 12.0. The van der Waals surface area contributed by atoms with Crippen LogP contribution in [0.5, 0.6) is 0 Å². The van der Waals surface area contributed by atoms with Crippen LogP contribution < -0.4 is 5.32 Å². The topological polar surface area (TPSA) is 69.7 Å². The van der Waals surface area contributed by atoms with Crippen molar-refractivity contribution in [1.82, 2.24) is 15.1 Å². The van der Waals surface area contributed by atoms with Gasteiger partial charge in [0.2, 0.25) is 17.7 Å². The molecule has 1 saturated carbocycles. The summed E-state index contributed by atoms with van der Waals surface area (Å²) < 4.78 is 0. The van der Waals surface area contributed by atoms with Gasteiger partial charge in [0.1, 0.15) is 0 Å². The molecule has 6 heteroatoms. The summed E-state index contributed by atoms with van der Waals surface area (Å²) in [5.41, 5.74) is 0. The molecule has 1 N–H and O–H groups in total. The summed E-state index contributed by atoms with van der Waals surface area (Å²) >= 11 is 0. The molecule has 1 aliphatic carbocycles. The minimum Gasteiger partial charge on any atom is -0.339 e. The van der Waals surface area contributed by atoms with E-state index in [1.807, 2.05) is 11.8 Å². The Labute approximate surface area is 113 Å². The van der Waals surface area contributed by atoms with Gasteiger partial charge in [-0.15, -0.1) is 0 Å². The van der Waals surface area contributed by atoms with Crippen LogP contribution in [0.1, 0.15) is 32.6 Å². The van der Waals surface area contributed by atoms with Crippen LogP contribution in [0.15, 0.2) is 0 Å². The van der Waals surface area contributed by atoms with Gasteiger partial charge >= 0.3 is 0 Å². The summed E-state index contributed by atoms with van der Waals surface area (Å²) in [4.78, 5) is 38.2. The number of amides is 3. The van der Waals surface area contributed by atoms with Crippen LogP contribution in [-0.2, 0) is 14.4 Å². The lowest BCUT2D eigenvalue weighted by molar-refractivity contribution is -0.148. The first-order chi connectivity index (χ1) is 9.04. The van der Waals surface area contributed by atoms with Crippen molar-refractivity contribution >= 4 is 17.7 Å². The summed E-state index contributed by atoms with van der Waals surface area (Å²) in [6.45, 7) is 2.85. The molecule has 0 aromatic carbocycles. The number of nitrogens with zero attached hydrogens (tertiary/aromatic N) is 2. The first-order valence-electron chi connectivity index (χ1n) is 6.87. The van der Waals surface area contributed by atoms with Crippen LogP contribution in [0.25, 0.3) is 0 Å². The Kier molecular flexibility index (Phi) is 4.19. The molecule has 3 amide bonds. The average molecular weight is 267 g/mol. The monoisotopic (exact) mass is 267 g/mol. The SMILES string of the molecule is CCN(C(=O)CNC1CCC(=O)N(C)C1=O)C1CC1. The smallest absolute Gasteiger partial charge is 0.246 e. The zero-order valence-electron chi connectivity index (χ0n) is 11.5. The molecule has 1 unspecified atom stereocenters. The number of likely N-dealkylation sites (N-methyl/N-ethyl adjacent to an activating group) is 2. The number of piperidine rings is 1. The van der Waals surface area contributed by atoms with E-state index in [1.54, 1.807) is 0 Å². The van der Waals surface area contributed by atoms with Crippen molar-refractivity contribution < 1.29 is 14.4 Å². The maximum Gasteiger partial charge on any atom is 0.246 e. The maximum atomic E-state index is 12.0. The Hall–Kier alpha value is -1.43. The predicted octanol–water partition coefficient (Wildman–Crippen LogP) is -0.266. The lowest BCUT2D eigenvalue weighted by Gasteiger charge is -2.29. The first-order valence-corrected chi connectivity index (χ1v) is 6.87. The molecular weight excluding hydrogens is 246 g/mol.